The number of aromatic nitrogens is 2. The number of thiazole rings is 1. The predicted octanol–water partition coefficient (Wildman–Crippen LogP) is 5.34. The summed E-state index contributed by atoms with van der Waals surface area (Å²) in [7, 11) is 1.89. The molecule has 148 valence electrons. The number of nitrogens with zero attached hydrogens (tertiary/aromatic N) is 3. The zero-order chi connectivity index (χ0) is 20.1. The first kappa shape index (κ1) is 20.3. The Morgan fingerprint density at radius 1 is 1.21 bits per heavy atom. The molecule has 28 heavy (non-hydrogen) atoms. The number of carbonyl (C=O) groups is 1. The van der Waals surface area contributed by atoms with Crippen molar-refractivity contribution >= 4 is 17.2 Å². The van der Waals surface area contributed by atoms with Gasteiger partial charge >= 0.3 is 0 Å². The summed E-state index contributed by atoms with van der Waals surface area (Å²) in [6.45, 7) is 7.83. The van der Waals surface area contributed by atoms with Gasteiger partial charge in [0.15, 0.2) is 0 Å². The lowest BCUT2D eigenvalue weighted by atomic mass is 10.1. The highest BCUT2D eigenvalue weighted by atomic mass is 32.1. The fraction of sp³-hybridized carbons (Fsp3) is 0.391. The van der Waals surface area contributed by atoms with Gasteiger partial charge in [0.1, 0.15) is 0 Å². The molecule has 0 fully saturated rings. The Balaban J connectivity index is 1.93. The van der Waals surface area contributed by atoms with Crippen LogP contribution in [0.3, 0.4) is 0 Å². The number of amides is 1. The second kappa shape index (κ2) is 9.20. The van der Waals surface area contributed by atoms with Crippen LogP contribution in [0.15, 0.2) is 41.8 Å². The van der Waals surface area contributed by atoms with Gasteiger partial charge in [0, 0.05) is 31.2 Å². The highest BCUT2D eigenvalue weighted by Gasteiger charge is 2.22. The minimum atomic E-state index is 0.0950. The van der Waals surface area contributed by atoms with Crippen molar-refractivity contribution in [2.45, 2.75) is 46.6 Å². The Morgan fingerprint density at radius 2 is 1.96 bits per heavy atom. The van der Waals surface area contributed by atoms with Crippen molar-refractivity contribution in [3.8, 4) is 11.4 Å². The van der Waals surface area contributed by atoms with Crippen molar-refractivity contribution in [2.75, 3.05) is 13.6 Å². The maximum absolute atomic E-state index is 13.0. The van der Waals surface area contributed by atoms with Gasteiger partial charge in [-0.15, -0.1) is 11.3 Å². The fourth-order valence-corrected chi connectivity index (χ4v) is 4.04. The molecule has 2 heterocycles. The average molecular weight is 396 g/mol. The molecule has 3 aromatic rings. The predicted molar refractivity (Wildman–Crippen MR) is 117 cm³/mol. The van der Waals surface area contributed by atoms with Gasteiger partial charge in [-0.3, -0.25) is 4.79 Å². The monoisotopic (exact) mass is 395 g/mol. The van der Waals surface area contributed by atoms with Gasteiger partial charge in [0.2, 0.25) is 0 Å². The molecule has 0 unspecified atom stereocenters. The van der Waals surface area contributed by atoms with Crippen molar-refractivity contribution < 1.29 is 4.79 Å². The van der Waals surface area contributed by atoms with E-state index in [0.717, 1.165) is 60.0 Å². The van der Waals surface area contributed by atoms with Gasteiger partial charge < -0.3 is 9.47 Å². The Morgan fingerprint density at radius 3 is 2.61 bits per heavy atom. The lowest BCUT2D eigenvalue weighted by molar-refractivity contribution is 0.0792. The molecule has 2 aromatic heterocycles. The number of hydrogen-bond acceptors (Lipinski definition) is 3. The van der Waals surface area contributed by atoms with Crippen molar-refractivity contribution in [3.63, 3.8) is 0 Å². The van der Waals surface area contributed by atoms with E-state index < -0.39 is 0 Å². The van der Waals surface area contributed by atoms with Crippen LogP contribution in [-0.4, -0.2) is 34.0 Å². The van der Waals surface area contributed by atoms with Crippen molar-refractivity contribution in [1.29, 1.82) is 0 Å². The van der Waals surface area contributed by atoms with E-state index in [0.29, 0.717) is 0 Å². The second-order valence-corrected chi connectivity index (χ2v) is 8.31. The third kappa shape index (κ3) is 4.53. The quantitative estimate of drug-likeness (QED) is 0.516. The van der Waals surface area contributed by atoms with E-state index in [-0.39, 0.29) is 5.91 Å². The van der Waals surface area contributed by atoms with Crippen LogP contribution in [0, 0.1) is 13.8 Å². The Hall–Kier alpha value is -2.40. The van der Waals surface area contributed by atoms with Crippen LogP contribution >= 0.6 is 11.3 Å². The van der Waals surface area contributed by atoms with E-state index in [2.05, 4.69) is 53.0 Å². The number of hydrogen-bond donors (Lipinski definition) is 0. The highest BCUT2D eigenvalue weighted by molar-refractivity contribution is 7.09. The first-order valence-corrected chi connectivity index (χ1v) is 10.8. The SMILES string of the molecule is CCCCN(C)C(=O)c1cc(-c2csc(C)n2)n(CCc2ccccc2)c1C. The summed E-state index contributed by atoms with van der Waals surface area (Å²) in [5.74, 6) is 0.0950. The fourth-order valence-electron chi connectivity index (χ4n) is 3.43. The molecular formula is C23H29N3OS. The standard InChI is InChI=1S/C23H29N3OS/c1-5-6-13-25(4)23(27)20-15-22(21-16-28-18(3)24-21)26(17(20)2)14-12-19-10-8-7-9-11-19/h7-11,15-16H,5-6,12-14H2,1-4H3. The molecule has 4 nitrogen and oxygen atoms in total. The van der Waals surface area contributed by atoms with Gasteiger partial charge in [-0.2, -0.15) is 0 Å². The molecule has 3 rings (SSSR count). The first-order chi connectivity index (χ1) is 13.5. The van der Waals surface area contributed by atoms with Crippen LogP contribution in [0.25, 0.3) is 11.4 Å². The van der Waals surface area contributed by atoms with Gasteiger partial charge in [-0.05, 0) is 38.3 Å². The number of unbranched alkanes of at least 4 members (excludes halogenated alkanes) is 1. The van der Waals surface area contributed by atoms with E-state index in [1.807, 2.05) is 31.0 Å². The molecule has 0 radical (unpaired) electrons. The molecule has 1 amide bonds. The van der Waals surface area contributed by atoms with E-state index >= 15 is 0 Å². The highest BCUT2D eigenvalue weighted by Crippen LogP contribution is 2.28. The normalized spacial score (nSPS) is 11.0. The number of aryl methyl sites for hydroxylation is 2. The van der Waals surface area contributed by atoms with E-state index in [9.17, 15) is 4.79 Å². The van der Waals surface area contributed by atoms with Crippen LogP contribution in [0.4, 0.5) is 0 Å². The molecule has 0 aliphatic rings. The molecule has 0 N–H and O–H groups in total. The minimum absolute atomic E-state index is 0.0950. The summed E-state index contributed by atoms with van der Waals surface area (Å²) in [6, 6.07) is 12.5. The van der Waals surface area contributed by atoms with E-state index in [4.69, 9.17) is 0 Å². The minimum Gasteiger partial charge on any atom is -0.342 e. The van der Waals surface area contributed by atoms with E-state index in [1.54, 1.807) is 11.3 Å². The maximum atomic E-state index is 13.0. The number of rotatable bonds is 8. The van der Waals surface area contributed by atoms with Crippen LogP contribution in [-0.2, 0) is 13.0 Å². The average Bonchev–Trinajstić information content (AvgIpc) is 3.27. The van der Waals surface area contributed by atoms with E-state index in [1.165, 1.54) is 5.56 Å². The Bertz CT molecular complexity index is 927. The maximum Gasteiger partial charge on any atom is 0.255 e. The third-order valence-corrected chi connectivity index (χ3v) is 5.91. The molecule has 0 saturated carbocycles. The molecule has 0 aliphatic heterocycles. The summed E-state index contributed by atoms with van der Waals surface area (Å²) >= 11 is 1.64. The largest absolute Gasteiger partial charge is 0.342 e. The summed E-state index contributed by atoms with van der Waals surface area (Å²) in [6.07, 6.45) is 3.03. The molecule has 0 saturated heterocycles. The molecule has 0 atom stereocenters. The van der Waals surface area contributed by atoms with Crippen LogP contribution in [0.2, 0.25) is 0 Å². The molecule has 0 aliphatic carbocycles. The number of benzene rings is 1. The molecule has 0 spiro atoms. The summed E-state index contributed by atoms with van der Waals surface area (Å²) in [4.78, 5) is 19.6. The van der Waals surface area contributed by atoms with Crippen molar-refractivity contribution in [1.82, 2.24) is 14.5 Å². The Kier molecular flexibility index (Phi) is 6.68. The summed E-state index contributed by atoms with van der Waals surface area (Å²) in [5.41, 5.74) is 5.08. The zero-order valence-corrected chi connectivity index (χ0v) is 18.1. The summed E-state index contributed by atoms with van der Waals surface area (Å²) < 4.78 is 2.25. The molecule has 0 bridgehead atoms. The Labute approximate surface area is 171 Å². The van der Waals surface area contributed by atoms with Gasteiger partial charge in [-0.1, -0.05) is 43.7 Å². The van der Waals surface area contributed by atoms with Gasteiger partial charge in [0.25, 0.3) is 5.91 Å². The van der Waals surface area contributed by atoms with Crippen LogP contribution in [0.5, 0.6) is 0 Å². The van der Waals surface area contributed by atoms with Crippen LogP contribution < -0.4 is 0 Å². The topological polar surface area (TPSA) is 38.1 Å². The smallest absolute Gasteiger partial charge is 0.255 e. The van der Waals surface area contributed by atoms with Crippen molar-refractivity contribution in [3.05, 3.63) is 63.6 Å². The van der Waals surface area contributed by atoms with Crippen molar-refractivity contribution in [2.24, 2.45) is 0 Å². The van der Waals surface area contributed by atoms with Gasteiger partial charge in [0.05, 0.1) is 22.0 Å². The first-order valence-electron chi connectivity index (χ1n) is 9.93. The van der Waals surface area contributed by atoms with Crippen LogP contribution in [0.1, 0.15) is 46.4 Å². The second-order valence-electron chi connectivity index (χ2n) is 7.25. The van der Waals surface area contributed by atoms with Gasteiger partial charge in [-0.25, -0.2) is 4.98 Å². The molecule has 5 heteroatoms. The third-order valence-electron chi connectivity index (χ3n) is 5.14. The summed E-state index contributed by atoms with van der Waals surface area (Å²) in [5, 5.41) is 3.12. The lowest BCUT2D eigenvalue weighted by Gasteiger charge is -2.17. The lowest BCUT2D eigenvalue weighted by Crippen LogP contribution is -2.28. The number of carbonyl (C=O) groups excluding carboxylic acids is 1. The zero-order valence-electron chi connectivity index (χ0n) is 17.2. The molecular weight excluding hydrogens is 366 g/mol. The molecule has 1 aromatic carbocycles.